The fourth-order valence-corrected chi connectivity index (χ4v) is 1.39. The molecule has 13 heavy (non-hydrogen) atoms. The number of aliphatic hydroxyl groups is 1. The molecule has 0 spiro atoms. The third kappa shape index (κ3) is 2.40. The second-order valence-corrected chi connectivity index (χ2v) is 3.27. The van der Waals surface area contributed by atoms with E-state index in [1.807, 2.05) is 0 Å². The molecule has 0 saturated carbocycles. The maximum absolute atomic E-state index is 8.79. The predicted octanol–water partition coefficient (Wildman–Crippen LogP) is 0.845. The van der Waals surface area contributed by atoms with Crippen LogP contribution in [0, 0.1) is 0 Å². The van der Waals surface area contributed by atoms with Gasteiger partial charge in [-0.25, -0.2) is 4.98 Å². The van der Waals surface area contributed by atoms with Crippen LogP contribution in [0.3, 0.4) is 0 Å². The van der Waals surface area contributed by atoms with Gasteiger partial charge in [0.15, 0.2) is 5.75 Å². The molecule has 1 rings (SSSR count). The zero-order valence-corrected chi connectivity index (χ0v) is 8.78. The van der Waals surface area contributed by atoms with Gasteiger partial charge in [0.05, 0.1) is 25.5 Å². The van der Waals surface area contributed by atoms with Gasteiger partial charge in [0, 0.05) is 0 Å². The summed E-state index contributed by atoms with van der Waals surface area (Å²) < 4.78 is 5.59. The number of aliphatic hydroxyl groups excluding tert-OH is 1. The normalized spacial score (nSPS) is 12.6. The molecule has 0 radical (unpaired) electrons. The summed E-state index contributed by atoms with van der Waals surface area (Å²) in [5.74, 6) is 0.647. The first-order chi connectivity index (χ1) is 6.19. The Kier molecular flexibility index (Phi) is 3.65. The summed E-state index contributed by atoms with van der Waals surface area (Å²) >= 11 is 3.23. The Labute approximate surface area is 84.9 Å². The zero-order valence-electron chi connectivity index (χ0n) is 7.20. The minimum Gasteiger partial charge on any atom is -0.494 e. The largest absolute Gasteiger partial charge is 0.494 e. The van der Waals surface area contributed by atoms with Crippen molar-refractivity contribution in [1.29, 1.82) is 0 Å². The van der Waals surface area contributed by atoms with Gasteiger partial charge in [0.1, 0.15) is 4.60 Å². The van der Waals surface area contributed by atoms with Crippen molar-refractivity contribution in [3.63, 3.8) is 0 Å². The lowest BCUT2D eigenvalue weighted by atomic mass is 10.2. The van der Waals surface area contributed by atoms with Gasteiger partial charge in [-0.3, -0.25) is 0 Å². The molecule has 3 N–H and O–H groups in total. The summed E-state index contributed by atoms with van der Waals surface area (Å²) in [6.07, 6.45) is 0. The van der Waals surface area contributed by atoms with Crippen molar-refractivity contribution in [2.45, 2.75) is 6.04 Å². The Hall–Kier alpha value is -0.650. The molecule has 0 aliphatic heterocycles. The lowest BCUT2D eigenvalue weighted by Crippen LogP contribution is -2.16. The molecule has 0 aliphatic rings. The molecule has 0 aliphatic carbocycles. The van der Waals surface area contributed by atoms with Crippen molar-refractivity contribution in [3.8, 4) is 5.75 Å². The highest BCUT2D eigenvalue weighted by molar-refractivity contribution is 9.10. The quantitative estimate of drug-likeness (QED) is 0.777. The number of nitrogens with zero attached hydrogens (tertiary/aromatic N) is 1. The molecule has 4 nitrogen and oxygen atoms in total. The molecular formula is C8H11BrN2O2. The minimum atomic E-state index is -0.442. The highest BCUT2D eigenvalue weighted by atomic mass is 79.9. The van der Waals surface area contributed by atoms with E-state index in [2.05, 4.69) is 20.9 Å². The lowest BCUT2D eigenvalue weighted by Gasteiger charge is -2.09. The van der Waals surface area contributed by atoms with E-state index in [4.69, 9.17) is 15.6 Å². The maximum Gasteiger partial charge on any atom is 0.151 e. The van der Waals surface area contributed by atoms with Crippen molar-refractivity contribution < 1.29 is 9.84 Å². The first kappa shape index (κ1) is 10.4. The molecule has 1 atom stereocenters. The van der Waals surface area contributed by atoms with E-state index in [1.165, 1.54) is 0 Å². The number of methoxy groups -OCH3 is 1. The third-order valence-corrected chi connectivity index (χ3v) is 2.20. The number of halogens is 1. The van der Waals surface area contributed by atoms with Gasteiger partial charge in [-0.1, -0.05) is 0 Å². The predicted molar refractivity (Wildman–Crippen MR) is 52.5 cm³/mol. The van der Waals surface area contributed by atoms with Crippen LogP contribution in [0.25, 0.3) is 0 Å². The first-order valence-electron chi connectivity index (χ1n) is 3.76. The number of ether oxygens (including phenoxy) is 1. The number of nitrogens with two attached hydrogens (primary N) is 1. The highest BCUT2D eigenvalue weighted by Gasteiger charge is 2.08. The molecular weight excluding hydrogens is 236 g/mol. The van der Waals surface area contributed by atoms with Crippen LogP contribution in [0.4, 0.5) is 0 Å². The Bertz CT molecular complexity index is 293. The zero-order chi connectivity index (χ0) is 9.84. The van der Waals surface area contributed by atoms with E-state index in [1.54, 1.807) is 19.2 Å². The van der Waals surface area contributed by atoms with Gasteiger partial charge in [0.2, 0.25) is 0 Å². The van der Waals surface area contributed by atoms with Crippen molar-refractivity contribution in [1.82, 2.24) is 4.98 Å². The summed E-state index contributed by atoms with van der Waals surface area (Å²) in [7, 11) is 1.56. The van der Waals surface area contributed by atoms with Gasteiger partial charge >= 0.3 is 0 Å². The van der Waals surface area contributed by atoms with Crippen LogP contribution in [-0.2, 0) is 0 Å². The Morgan fingerprint density at radius 1 is 1.69 bits per heavy atom. The van der Waals surface area contributed by atoms with Crippen molar-refractivity contribution >= 4 is 15.9 Å². The minimum absolute atomic E-state index is 0.119. The summed E-state index contributed by atoms with van der Waals surface area (Å²) in [5, 5.41) is 8.79. The van der Waals surface area contributed by atoms with Crippen LogP contribution in [0.5, 0.6) is 5.75 Å². The lowest BCUT2D eigenvalue weighted by molar-refractivity contribution is 0.265. The molecule has 0 bridgehead atoms. The molecule has 0 fully saturated rings. The smallest absolute Gasteiger partial charge is 0.151 e. The number of rotatable bonds is 3. The molecule has 1 unspecified atom stereocenters. The van der Waals surface area contributed by atoms with E-state index in [0.29, 0.717) is 16.0 Å². The Morgan fingerprint density at radius 3 is 2.85 bits per heavy atom. The third-order valence-electron chi connectivity index (χ3n) is 1.63. The summed E-state index contributed by atoms with van der Waals surface area (Å²) in [4.78, 5) is 4.12. The molecule has 1 aromatic heterocycles. The van der Waals surface area contributed by atoms with Crippen LogP contribution in [0.1, 0.15) is 11.7 Å². The van der Waals surface area contributed by atoms with Gasteiger partial charge in [-0.05, 0) is 28.1 Å². The topological polar surface area (TPSA) is 68.4 Å². The first-order valence-corrected chi connectivity index (χ1v) is 4.55. The van der Waals surface area contributed by atoms with Crippen LogP contribution >= 0.6 is 15.9 Å². The fraction of sp³-hybridized carbons (Fsp3) is 0.375. The van der Waals surface area contributed by atoms with E-state index < -0.39 is 6.04 Å². The van der Waals surface area contributed by atoms with Crippen molar-refractivity contribution in [2.24, 2.45) is 5.73 Å². The van der Waals surface area contributed by atoms with Crippen LogP contribution in [-0.4, -0.2) is 23.8 Å². The van der Waals surface area contributed by atoms with Crippen LogP contribution < -0.4 is 10.5 Å². The van der Waals surface area contributed by atoms with Gasteiger partial charge < -0.3 is 15.6 Å². The molecule has 72 valence electrons. The van der Waals surface area contributed by atoms with Gasteiger partial charge in [0.25, 0.3) is 0 Å². The summed E-state index contributed by atoms with van der Waals surface area (Å²) in [6, 6.07) is 3.04. The SMILES string of the molecule is COc1ccc(C(N)CO)nc1Br. The van der Waals surface area contributed by atoms with Gasteiger partial charge in [-0.15, -0.1) is 0 Å². The molecule has 1 heterocycles. The number of pyridine rings is 1. The van der Waals surface area contributed by atoms with E-state index in [9.17, 15) is 0 Å². The molecule has 1 aromatic rings. The number of hydrogen-bond acceptors (Lipinski definition) is 4. The van der Waals surface area contributed by atoms with Crippen molar-refractivity contribution in [3.05, 3.63) is 22.4 Å². The molecule has 0 saturated heterocycles. The van der Waals surface area contributed by atoms with Gasteiger partial charge in [-0.2, -0.15) is 0 Å². The second kappa shape index (κ2) is 4.55. The summed E-state index contributed by atoms with van der Waals surface area (Å²) in [5.41, 5.74) is 6.21. The number of aromatic nitrogens is 1. The Morgan fingerprint density at radius 2 is 2.38 bits per heavy atom. The van der Waals surface area contributed by atoms with E-state index in [-0.39, 0.29) is 6.61 Å². The molecule has 0 aromatic carbocycles. The average molecular weight is 247 g/mol. The van der Waals surface area contributed by atoms with Crippen LogP contribution in [0.15, 0.2) is 16.7 Å². The van der Waals surface area contributed by atoms with E-state index >= 15 is 0 Å². The Balaban J connectivity index is 2.95. The van der Waals surface area contributed by atoms with E-state index in [0.717, 1.165) is 0 Å². The fourth-order valence-electron chi connectivity index (χ4n) is 0.888. The monoisotopic (exact) mass is 246 g/mol. The standard InChI is InChI=1S/C8H11BrN2O2/c1-13-7-3-2-6(5(10)4-12)11-8(7)9/h2-3,5,12H,4,10H2,1H3. The molecule has 0 amide bonds. The number of hydrogen-bond donors (Lipinski definition) is 2. The second-order valence-electron chi connectivity index (χ2n) is 2.52. The van der Waals surface area contributed by atoms with Crippen LogP contribution in [0.2, 0.25) is 0 Å². The average Bonchev–Trinajstić information content (AvgIpc) is 2.16. The maximum atomic E-state index is 8.79. The summed E-state index contributed by atoms with van der Waals surface area (Å²) in [6.45, 7) is -0.119. The highest BCUT2D eigenvalue weighted by Crippen LogP contribution is 2.23. The van der Waals surface area contributed by atoms with Crippen molar-refractivity contribution in [2.75, 3.05) is 13.7 Å². The molecule has 5 heteroatoms.